The summed E-state index contributed by atoms with van der Waals surface area (Å²) in [7, 11) is 0. The number of rotatable bonds is 4. The standard InChI is InChI=1S/C20H22ClN3O4/c21-12-3-1-2-11(8-12)10-22-13-4-5-14-15(9-13)20(28)24(19(14)27)16-6-7-17(25)23-18(16)26/h1-5,8-9,14-18,22-23,25-26H,6-7,10H2. The smallest absolute Gasteiger partial charge is 0.237 e. The molecule has 2 fully saturated rings. The SMILES string of the molecule is O=C1C2C=CC(NCc3cccc(Cl)c3)=CC2C(=O)N1C1CCC(O)NC1O. The summed E-state index contributed by atoms with van der Waals surface area (Å²) in [6.07, 6.45) is 4.08. The highest BCUT2D eigenvalue weighted by molar-refractivity contribution is 6.30. The van der Waals surface area contributed by atoms with Crippen LogP contribution in [0, 0.1) is 11.8 Å². The lowest BCUT2D eigenvalue weighted by atomic mass is 9.89. The van der Waals surface area contributed by atoms with Crippen molar-refractivity contribution in [1.82, 2.24) is 15.5 Å². The first-order valence-corrected chi connectivity index (χ1v) is 9.69. The van der Waals surface area contributed by atoms with E-state index in [2.05, 4.69) is 10.6 Å². The number of likely N-dealkylation sites (tertiary alicyclic amines) is 1. The van der Waals surface area contributed by atoms with Gasteiger partial charge in [0.05, 0.1) is 17.9 Å². The van der Waals surface area contributed by atoms with E-state index in [1.165, 1.54) is 4.90 Å². The van der Waals surface area contributed by atoms with Gasteiger partial charge in [-0.1, -0.05) is 29.8 Å². The quantitative estimate of drug-likeness (QED) is 0.556. The number of nitrogens with zero attached hydrogens (tertiary/aromatic N) is 1. The van der Waals surface area contributed by atoms with Gasteiger partial charge in [0.25, 0.3) is 0 Å². The van der Waals surface area contributed by atoms with Gasteiger partial charge in [-0.25, -0.2) is 0 Å². The molecule has 1 aromatic carbocycles. The Hall–Kier alpha value is -2.19. The van der Waals surface area contributed by atoms with E-state index >= 15 is 0 Å². The van der Waals surface area contributed by atoms with Crippen LogP contribution >= 0.6 is 11.6 Å². The summed E-state index contributed by atoms with van der Waals surface area (Å²) >= 11 is 6.00. The average Bonchev–Trinajstić information content (AvgIpc) is 2.91. The summed E-state index contributed by atoms with van der Waals surface area (Å²) in [4.78, 5) is 26.9. The molecule has 2 aliphatic heterocycles. The average molecular weight is 404 g/mol. The fourth-order valence-electron chi connectivity index (χ4n) is 4.01. The first-order chi connectivity index (χ1) is 13.4. The molecule has 0 bridgehead atoms. The number of amides is 2. The minimum Gasteiger partial charge on any atom is -0.381 e. The lowest BCUT2D eigenvalue weighted by molar-refractivity contribution is -0.149. The Morgan fingerprint density at radius 3 is 2.71 bits per heavy atom. The van der Waals surface area contributed by atoms with Gasteiger partial charge in [-0.2, -0.15) is 0 Å². The summed E-state index contributed by atoms with van der Waals surface area (Å²) < 4.78 is 0. The summed E-state index contributed by atoms with van der Waals surface area (Å²) in [6.45, 7) is 0.545. The molecule has 5 unspecified atom stereocenters. The Morgan fingerprint density at radius 1 is 1.18 bits per heavy atom. The molecule has 7 nitrogen and oxygen atoms in total. The molecule has 0 aromatic heterocycles. The van der Waals surface area contributed by atoms with E-state index in [0.717, 1.165) is 11.3 Å². The molecule has 28 heavy (non-hydrogen) atoms. The summed E-state index contributed by atoms with van der Waals surface area (Å²) in [5, 5.41) is 26.3. The first-order valence-electron chi connectivity index (χ1n) is 9.31. The number of allylic oxidation sites excluding steroid dienone is 1. The molecule has 1 aliphatic carbocycles. The van der Waals surface area contributed by atoms with Gasteiger partial charge in [0, 0.05) is 17.3 Å². The zero-order valence-electron chi connectivity index (χ0n) is 15.1. The highest BCUT2D eigenvalue weighted by Crippen LogP contribution is 2.35. The Bertz CT molecular complexity index is 856. The maximum Gasteiger partial charge on any atom is 0.237 e. The van der Waals surface area contributed by atoms with E-state index in [-0.39, 0.29) is 11.8 Å². The van der Waals surface area contributed by atoms with E-state index in [9.17, 15) is 19.8 Å². The van der Waals surface area contributed by atoms with E-state index < -0.39 is 30.3 Å². The number of fused-ring (bicyclic) bond motifs is 1. The summed E-state index contributed by atoms with van der Waals surface area (Å²) in [6, 6.07) is 6.83. The number of piperidine rings is 1. The minimum atomic E-state index is -1.13. The second kappa shape index (κ2) is 7.67. The van der Waals surface area contributed by atoms with Crippen molar-refractivity contribution in [3.63, 3.8) is 0 Å². The summed E-state index contributed by atoms with van der Waals surface area (Å²) in [5.41, 5.74) is 1.77. The predicted octanol–water partition coefficient (Wildman–Crippen LogP) is 0.873. The molecule has 5 atom stereocenters. The second-order valence-electron chi connectivity index (χ2n) is 7.33. The van der Waals surface area contributed by atoms with Crippen LogP contribution in [0.15, 0.2) is 48.2 Å². The van der Waals surface area contributed by atoms with E-state index in [1.54, 1.807) is 24.3 Å². The maximum atomic E-state index is 12.9. The Kier molecular flexibility index (Phi) is 5.25. The fourth-order valence-corrected chi connectivity index (χ4v) is 4.23. The molecular formula is C20H22ClN3O4. The van der Waals surface area contributed by atoms with Crippen molar-refractivity contribution in [3.05, 3.63) is 58.8 Å². The molecule has 148 valence electrons. The fraction of sp³-hybridized carbons (Fsp3) is 0.400. The number of nitrogens with one attached hydrogen (secondary N) is 2. The number of hydrogen-bond donors (Lipinski definition) is 4. The van der Waals surface area contributed by atoms with Gasteiger partial charge < -0.3 is 15.5 Å². The van der Waals surface area contributed by atoms with Gasteiger partial charge in [-0.05, 0) is 42.7 Å². The summed E-state index contributed by atoms with van der Waals surface area (Å²) in [5.74, 6) is -1.76. The Morgan fingerprint density at radius 2 is 1.96 bits per heavy atom. The largest absolute Gasteiger partial charge is 0.381 e. The first kappa shape index (κ1) is 19.1. The van der Waals surface area contributed by atoms with Gasteiger partial charge in [0.1, 0.15) is 12.5 Å². The van der Waals surface area contributed by atoms with Gasteiger partial charge in [-0.15, -0.1) is 0 Å². The molecule has 0 radical (unpaired) electrons. The number of carbonyl (C=O) groups is 2. The zero-order chi connectivity index (χ0) is 19.8. The lowest BCUT2D eigenvalue weighted by Gasteiger charge is -2.36. The molecule has 4 N–H and O–H groups in total. The van der Waals surface area contributed by atoms with Crippen molar-refractivity contribution in [2.45, 2.75) is 37.9 Å². The van der Waals surface area contributed by atoms with Crippen molar-refractivity contribution in [2.24, 2.45) is 11.8 Å². The number of halogens is 1. The normalized spacial score (nSPS) is 32.3. The molecule has 4 rings (SSSR count). The van der Waals surface area contributed by atoms with E-state index in [1.807, 2.05) is 18.2 Å². The minimum absolute atomic E-state index is 0.307. The van der Waals surface area contributed by atoms with Gasteiger partial charge in [0.2, 0.25) is 11.8 Å². The Balaban J connectivity index is 1.47. The number of hydrogen-bond acceptors (Lipinski definition) is 6. The van der Waals surface area contributed by atoms with Gasteiger partial charge in [-0.3, -0.25) is 19.8 Å². The van der Waals surface area contributed by atoms with Crippen LogP contribution in [0.2, 0.25) is 5.02 Å². The molecular weight excluding hydrogens is 382 g/mol. The molecule has 0 saturated carbocycles. The third-order valence-electron chi connectivity index (χ3n) is 5.46. The van der Waals surface area contributed by atoms with Crippen molar-refractivity contribution >= 4 is 23.4 Å². The van der Waals surface area contributed by atoms with Crippen molar-refractivity contribution in [1.29, 1.82) is 0 Å². The van der Waals surface area contributed by atoms with Crippen LogP contribution in [0.1, 0.15) is 18.4 Å². The molecule has 2 amide bonds. The van der Waals surface area contributed by atoms with Crippen molar-refractivity contribution in [2.75, 3.05) is 0 Å². The number of carbonyl (C=O) groups excluding carboxylic acids is 2. The monoisotopic (exact) mass is 403 g/mol. The molecule has 2 saturated heterocycles. The lowest BCUT2D eigenvalue weighted by Crippen LogP contribution is -2.58. The number of imide groups is 1. The second-order valence-corrected chi connectivity index (χ2v) is 7.77. The number of aliphatic hydroxyl groups is 2. The van der Waals surface area contributed by atoms with Gasteiger partial charge >= 0.3 is 0 Å². The highest BCUT2D eigenvalue weighted by Gasteiger charge is 2.51. The van der Waals surface area contributed by atoms with Crippen LogP contribution in [0.3, 0.4) is 0 Å². The van der Waals surface area contributed by atoms with Crippen LogP contribution in [0.4, 0.5) is 0 Å². The Labute approximate surface area is 167 Å². The molecule has 2 heterocycles. The van der Waals surface area contributed by atoms with Crippen molar-refractivity contribution in [3.8, 4) is 0 Å². The molecule has 0 spiro atoms. The van der Waals surface area contributed by atoms with Crippen molar-refractivity contribution < 1.29 is 19.8 Å². The topological polar surface area (TPSA) is 102 Å². The predicted molar refractivity (Wildman–Crippen MR) is 103 cm³/mol. The molecule has 1 aromatic rings. The third-order valence-corrected chi connectivity index (χ3v) is 5.69. The zero-order valence-corrected chi connectivity index (χ0v) is 15.8. The van der Waals surface area contributed by atoms with Crippen LogP contribution in [0.25, 0.3) is 0 Å². The van der Waals surface area contributed by atoms with E-state index in [0.29, 0.717) is 24.4 Å². The molecule has 3 aliphatic rings. The van der Waals surface area contributed by atoms with Crippen LogP contribution in [-0.2, 0) is 16.1 Å². The number of benzene rings is 1. The van der Waals surface area contributed by atoms with Crippen LogP contribution < -0.4 is 10.6 Å². The van der Waals surface area contributed by atoms with E-state index in [4.69, 9.17) is 11.6 Å². The molecule has 8 heteroatoms. The number of aliphatic hydroxyl groups excluding tert-OH is 2. The maximum absolute atomic E-state index is 12.9. The van der Waals surface area contributed by atoms with Crippen LogP contribution in [0.5, 0.6) is 0 Å². The highest BCUT2D eigenvalue weighted by atomic mass is 35.5. The van der Waals surface area contributed by atoms with Gasteiger partial charge in [0.15, 0.2) is 0 Å². The van der Waals surface area contributed by atoms with Crippen LogP contribution in [-0.4, -0.2) is 45.4 Å². The third kappa shape index (κ3) is 3.58.